The van der Waals surface area contributed by atoms with Crippen LogP contribution < -0.4 is 15.8 Å². The number of ether oxygens (including phenoxy) is 1. The van der Waals surface area contributed by atoms with Gasteiger partial charge >= 0.3 is 0 Å². The van der Waals surface area contributed by atoms with Crippen LogP contribution in [-0.4, -0.2) is 29.2 Å². The first-order valence-corrected chi connectivity index (χ1v) is 5.71. The highest BCUT2D eigenvalue weighted by atomic mass is 16.5. The lowest BCUT2D eigenvalue weighted by atomic mass is 9.94. The van der Waals surface area contributed by atoms with Crippen molar-refractivity contribution in [2.75, 3.05) is 12.4 Å². The van der Waals surface area contributed by atoms with Gasteiger partial charge in [0, 0.05) is 25.4 Å². The maximum atomic E-state index is 5.84. The zero-order valence-electron chi connectivity index (χ0n) is 9.52. The minimum Gasteiger partial charge on any atom is -0.474 e. The van der Waals surface area contributed by atoms with Crippen LogP contribution >= 0.6 is 0 Å². The van der Waals surface area contributed by atoms with Gasteiger partial charge < -0.3 is 15.8 Å². The SMILES string of the molecule is CNc1nccc(OC2CCC(N)CC2)n1. The van der Waals surface area contributed by atoms with Gasteiger partial charge in [-0.3, -0.25) is 0 Å². The molecule has 16 heavy (non-hydrogen) atoms. The molecule has 1 aromatic heterocycles. The smallest absolute Gasteiger partial charge is 0.225 e. The quantitative estimate of drug-likeness (QED) is 0.803. The fraction of sp³-hybridized carbons (Fsp3) is 0.636. The fourth-order valence-electron chi connectivity index (χ4n) is 1.91. The second kappa shape index (κ2) is 5.12. The Balaban J connectivity index is 1.93. The van der Waals surface area contributed by atoms with Crippen LogP contribution in [0, 0.1) is 0 Å². The first kappa shape index (κ1) is 11.1. The third-order valence-corrected chi connectivity index (χ3v) is 2.86. The molecule has 5 nitrogen and oxygen atoms in total. The summed E-state index contributed by atoms with van der Waals surface area (Å²) in [7, 11) is 1.79. The molecule has 5 heteroatoms. The van der Waals surface area contributed by atoms with Crippen molar-refractivity contribution in [3.63, 3.8) is 0 Å². The Bertz CT molecular complexity index is 337. The molecule has 2 rings (SSSR count). The van der Waals surface area contributed by atoms with Crippen LogP contribution in [0.5, 0.6) is 5.88 Å². The standard InChI is InChI=1S/C11H18N4O/c1-13-11-14-7-6-10(15-11)16-9-4-2-8(12)3-5-9/h6-9H,2-5,12H2,1H3,(H,13,14,15). The van der Waals surface area contributed by atoms with Crippen molar-refractivity contribution in [1.82, 2.24) is 9.97 Å². The summed E-state index contributed by atoms with van der Waals surface area (Å²) in [6, 6.07) is 2.13. The van der Waals surface area contributed by atoms with E-state index in [4.69, 9.17) is 10.5 Å². The summed E-state index contributed by atoms with van der Waals surface area (Å²) in [6.45, 7) is 0. The summed E-state index contributed by atoms with van der Waals surface area (Å²) in [6.07, 6.45) is 6.05. The molecular formula is C11H18N4O. The number of nitrogens with zero attached hydrogens (tertiary/aromatic N) is 2. The highest BCUT2D eigenvalue weighted by molar-refractivity contribution is 5.26. The molecule has 1 aromatic rings. The monoisotopic (exact) mass is 222 g/mol. The fourth-order valence-corrected chi connectivity index (χ4v) is 1.91. The van der Waals surface area contributed by atoms with Crippen molar-refractivity contribution in [3.8, 4) is 5.88 Å². The van der Waals surface area contributed by atoms with Gasteiger partial charge in [0.15, 0.2) is 0 Å². The summed E-state index contributed by atoms with van der Waals surface area (Å²) in [5.41, 5.74) is 5.84. The van der Waals surface area contributed by atoms with E-state index in [1.54, 1.807) is 19.3 Å². The van der Waals surface area contributed by atoms with Gasteiger partial charge in [-0.15, -0.1) is 0 Å². The maximum absolute atomic E-state index is 5.84. The molecule has 1 aliphatic rings. The van der Waals surface area contributed by atoms with Gasteiger partial charge in [-0.1, -0.05) is 0 Å². The zero-order valence-corrected chi connectivity index (χ0v) is 9.52. The molecule has 0 spiro atoms. The first-order chi connectivity index (χ1) is 7.78. The molecule has 1 fully saturated rings. The van der Waals surface area contributed by atoms with Crippen LogP contribution in [-0.2, 0) is 0 Å². The van der Waals surface area contributed by atoms with Crippen LogP contribution in [0.4, 0.5) is 5.95 Å². The van der Waals surface area contributed by atoms with Crippen LogP contribution in [0.25, 0.3) is 0 Å². The number of anilines is 1. The molecule has 1 heterocycles. The van der Waals surface area contributed by atoms with Crippen LogP contribution in [0.2, 0.25) is 0 Å². The molecule has 3 N–H and O–H groups in total. The van der Waals surface area contributed by atoms with Crippen molar-refractivity contribution in [1.29, 1.82) is 0 Å². The number of aromatic nitrogens is 2. The number of hydrogen-bond donors (Lipinski definition) is 2. The third kappa shape index (κ3) is 2.82. The second-order valence-corrected chi connectivity index (χ2v) is 4.12. The predicted molar refractivity (Wildman–Crippen MR) is 62.4 cm³/mol. The summed E-state index contributed by atoms with van der Waals surface area (Å²) >= 11 is 0. The van der Waals surface area contributed by atoms with Crippen LogP contribution in [0.3, 0.4) is 0 Å². The van der Waals surface area contributed by atoms with Crippen molar-refractivity contribution in [2.45, 2.75) is 37.8 Å². The minimum atomic E-state index is 0.249. The lowest BCUT2D eigenvalue weighted by Crippen LogP contribution is -2.31. The molecule has 0 bridgehead atoms. The topological polar surface area (TPSA) is 73.1 Å². The van der Waals surface area contributed by atoms with E-state index in [9.17, 15) is 0 Å². The van der Waals surface area contributed by atoms with Gasteiger partial charge in [-0.2, -0.15) is 4.98 Å². The summed E-state index contributed by atoms with van der Waals surface area (Å²) in [4.78, 5) is 8.27. The highest BCUT2D eigenvalue weighted by Crippen LogP contribution is 2.21. The van der Waals surface area contributed by atoms with E-state index in [1.807, 2.05) is 0 Å². The largest absolute Gasteiger partial charge is 0.474 e. The van der Waals surface area contributed by atoms with E-state index < -0.39 is 0 Å². The molecule has 1 saturated carbocycles. The van der Waals surface area contributed by atoms with Gasteiger partial charge in [0.25, 0.3) is 0 Å². The van der Waals surface area contributed by atoms with Gasteiger partial charge in [-0.05, 0) is 25.7 Å². The second-order valence-electron chi connectivity index (χ2n) is 4.12. The minimum absolute atomic E-state index is 0.249. The summed E-state index contributed by atoms with van der Waals surface area (Å²) < 4.78 is 5.80. The van der Waals surface area contributed by atoms with E-state index in [-0.39, 0.29) is 6.10 Å². The summed E-state index contributed by atoms with van der Waals surface area (Å²) in [5.74, 6) is 1.23. The zero-order chi connectivity index (χ0) is 11.4. The van der Waals surface area contributed by atoms with E-state index >= 15 is 0 Å². The molecule has 0 atom stereocenters. The van der Waals surface area contributed by atoms with Crippen LogP contribution in [0.1, 0.15) is 25.7 Å². The highest BCUT2D eigenvalue weighted by Gasteiger charge is 2.20. The third-order valence-electron chi connectivity index (χ3n) is 2.86. The predicted octanol–water partition coefficient (Wildman–Crippen LogP) is 1.17. The van der Waals surface area contributed by atoms with Crippen molar-refractivity contribution < 1.29 is 4.74 Å². The molecule has 1 aliphatic carbocycles. The number of nitrogens with one attached hydrogen (secondary N) is 1. The molecule has 0 aliphatic heterocycles. The van der Waals surface area contributed by atoms with Crippen molar-refractivity contribution in [3.05, 3.63) is 12.3 Å². The number of nitrogens with two attached hydrogens (primary N) is 1. The Morgan fingerprint density at radius 3 is 2.81 bits per heavy atom. The van der Waals surface area contributed by atoms with E-state index in [1.165, 1.54) is 0 Å². The van der Waals surface area contributed by atoms with Gasteiger partial charge in [0.05, 0.1) is 0 Å². The molecule has 0 amide bonds. The molecule has 0 radical (unpaired) electrons. The lowest BCUT2D eigenvalue weighted by Gasteiger charge is -2.26. The van der Waals surface area contributed by atoms with Gasteiger partial charge in [-0.25, -0.2) is 4.98 Å². The van der Waals surface area contributed by atoms with Crippen molar-refractivity contribution in [2.24, 2.45) is 5.73 Å². The molecule has 88 valence electrons. The molecular weight excluding hydrogens is 204 g/mol. The lowest BCUT2D eigenvalue weighted by molar-refractivity contribution is 0.141. The summed E-state index contributed by atoms with van der Waals surface area (Å²) in [5, 5.41) is 2.89. The molecule has 0 unspecified atom stereocenters. The van der Waals surface area contributed by atoms with Gasteiger partial charge in [0.2, 0.25) is 11.8 Å². The Hall–Kier alpha value is -1.36. The van der Waals surface area contributed by atoms with E-state index in [2.05, 4.69) is 15.3 Å². The Morgan fingerprint density at radius 2 is 2.12 bits per heavy atom. The average Bonchev–Trinajstić information content (AvgIpc) is 2.32. The Morgan fingerprint density at radius 1 is 1.38 bits per heavy atom. The normalized spacial score (nSPS) is 25.1. The van der Waals surface area contributed by atoms with Crippen LogP contribution in [0.15, 0.2) is 12.3 Å². The van der Waals surface area contributed by atoms with E-state index in [0.29, 0.717) is 17.9 Å². The Labute approximate surface area is 95.4 Å². The maximum Gasteiger partial charge on any atom is 0.225 e. The molecule has 0 saturated heterocycles. The first-order valence-electron chi connectivity index (χ1n) is 5.71. The van der Waals surface area contributed by atoms with E-state index in [0.717, 1.165) is 25.7 Å². The van der Waals surface area contributed by atoms with Gasteiger partial charge in [0.1, 0.15) is 6.10 Å². The van der Waals surface area contributed by atoms with Crippen molar-refractivity contribution >= 4 is 5.95 Å². The molecule has 0 aromatic carbocycles. The average molecular weight is 222 g/mol. The number of hydrogen-bond acceptors (Lipinski definition) is 5. The number of rotatable bonds is 3. The Kier molecular flexibility index (Phi) is 3.56.